The maximum absolute atomic E-state index is 15.0. The third kappa shape index (κ3) is 4.55. The number of nitrogens with zero attached hydrogens (tertiary/aromatic N) is 6. The van der Waals surface area contributed by atoms with Crippen LogP contribution < -0.4 is 15.0 Å². The molecule has 0 radical (unpaired) electrons. The number of rotatable bonds is 6. The predicted molar refractivity (Wildman–Crippen MR) is 146 cm³/mol. The van der Waals surface area contributed by atoms with Crippen LogP contribution in [0.5, 0.6) is 6.01 Å². The largest absolute Gasteiger partial charge is 0.461 e. The van der Waals surface area contributed by atoms with Crippen LogP contribution in [-0.2, 0) is 12.3 Å². The molecule has 0 aromatic carbocycles. The van der Waals surface area contributed by atoms with Gasteiger partial charge in [-0.1, -0.05) is 0 Å². The fourth-order valence-electron chi connectivity index (χ4n) is 7.25. The number of nitrogens with one attached hydrogen (secondary N) is 1. The molecule has 4 aliphatic rings. The minimum atomic E-state index is -3.06. The van der Waals surface area contributed by atoms with E-state index < -0.39 is 36.0 Å². The fourth-order valence-corrected chi connectivity index (χ4v) is 7.25. The average molecular weight is 590 g/mol. The molecular formula is C29H32F5N7O. The summed E-state index contributed by atoms with van der Waals surface area (Å²) in [7, 11) is 0. The highest BCUT2D eigenvalue weighted by molar-refractivity contribution is 5.94. The van der Waals surface area contributed by atoms with Crippen molar-refractivity contribution in [2.24, 2.45) is 0 Å². The van der Waals surface area contributed by atoms with Crippen LogP contribution >= 0.6 is 0 Å². The van der Waals surface area contributed by atoms with E-state index in [0.717, 1.165) is 19.4 Å². The Labute approximate surface area is 239 Å². The number of ether oxygens (including phenoxy) is 1. The molecule has 0 bridgehead atoms. The molecule has 8 nitrogen and oxygen atoms in total. The van der Waals surface area contributed by atoms with E-state index in [1.807, 2.05) is 11.8 Å². The zero-order valence-corrected chi connectivity index (χ0v) is 23.2. The van der Waals surface area contributed by atoms with Gasteiger partial charge >= 0.3 is 6.01 Å². The lowest BCUT2D eigenvalue weighted by molar-refractivity contribution is -0.00187. The lowest BCUT2D eigenvalue weighted by Gasteiger charge is -2.34. The molecule has 7 rings (SSSR count). The second kappa shape index (κ2) is 10.2. The van der Waals surface area contributed by atoms with Crippen molar-refractivity contribution in [3.8, 4) is 17.4 Å². The number of piperazine rings is 1. The molecule has 224 valence electrons. The number of pyridine rings is 2. The first-order valence-corrected chi connectivity index (χ1v) is 14.5. The van der Waals surface area contributed by atoms with Crippen LogP contribution in [0.3, 0.4) is 0 Å². The monoisotopic (exact) mass is 589 g/mol. The Morgan fingerprint density at radius 2 is 1.98 bits per heavy atom. The Morgan fingerprint density at radius 1 is 1.12 bits per heavy atom. The number of fused-ring (bicyclic) bond motifs is 3. The maximum Gasteiger partial charge on any atom is 0.319 e. The van der Waals surface area contributed by atoms with Crippen molar-refractivity contribution in [1.29, 1.82) is 0 Å². The summed E-state index contributed by atoms with van der Waals surface area (Å²) in [5.74, 6) is -2.64. The zero-order chi connectivity index (χ0) is 29.2. The van der Waals surface area contributed by atoms with Crippen molar-refractivity contribution in [2.45, 2.75) is 69.1 Å². The van der Waals surface area contributed by atoms with Gasteiger partial charge in [-0.25, -0.2) is 22.0 Å². The molecule has 13 heteroatoms. The van der Waals surface area contributed by atoms with Crippen LogP contribution in [0.25, 0.3) is 22.3 Å². The summed E-state index contributed by atoms with van der Waals surface area (Å²) >= 11 is 0. The van der Waals surface area contributed by atoms with Crippen LogP contribution in [0.1, 0.15) is 55.7 Å². The Hall–Kier alpha value is -3.19. The predicted octanol–water partition coefficient (Wildman–Crippen LogP) is 4.82. The Bertz CT molecular complexity index is 1520. The summed E-state index contributed by atoms with van der Waals surface area (Å²) in [5, 5.41) is 3.68. The van der Waals surface area contributed by atoms with E-state index >= 15 is 0 Å². The van der Waals surface area contributed by atoms with Crippen LogP contribution in [0.15, 0.2) is 18.5 Å². The lowest BCUT2D eigenvalue weighted by Crippen LogP contribution is -2.49. The third-order valence-electron chi connectivity index (χ3n) is 9.22. The van der Waals surface area contributed by atoms with E-state index in [9.17, 15) is 22.0 Å². The molecule has 6 heterocycles. The van der Waals surface area contributed by atoms with Gasteiger partial charge in [0.2, 0.25) is 0 Å². The van der Waals surface area contributed by atoms with Gasteiger partial charge in [0.1, 0.15) is 18.6 Å². The number of hydrogen-bond donors (Lipinski definition) is 1. The van der Waals surface area contributed by atoms with Gasteiger partial charge in [-0.15, -0.1) is 0 Å². The normalized spacial score (nSPS) is 27.2. The lowest BCUT2D eigenvalue weighted by atomic mass is 9.95. The summed E-state index contributed by atoms with van der Waals surface area (Å²) in [6.07, 6.45) is 0.296. The number of hydrogen-bond acceptors (Lipinski definition) is 8. The van der Waals surface area contributed by atoms with E-state index in [0.29, 0.717) is 43.8 Å². The maximum atomic E-state index is 15.0. The topological polar surface area (TPSA) is 79.3 Å². The summed E-state index contributed by atoms with van der Waals surface area (Å²) in [5.41, 5.74) is -1.17. The quantitative estimate of drug-likeness (QED) is 0.411. The molecule has 0 amide bonds. The molecule has 3 aliphatic heterocycles. The van der Waals surface area contributed by atoms with Crippen molar-refractivity contribution < 1.29 is 26.7 Å². The van der Waals surface area contributed by atoms with Gasteiger partial charge in [0.25, 0.3) is 12.3 Å². The molecule has 3 fully saturated rings. The van der Waals surface area contributed by atoms with Crippen molar-refractivity contribution in [3.05, 3.63) is 35.2 Å². The Morgan fingerprint density at radius 3 is 2.79 bits per heavy atom. The molecule has 0 unspecified atom stereocenters. The average Bonchev–Trinajstić information content (AvgIpc) is 3.59. The van der Waals surface area contributed by atoms with Gasteiger partial charge in [0, 0.05) is 63.0 Å². The summed E-state index contributed by atoms with van der Waals surface area (Å²) in [4.78, 5) is 21.9. The second-order valence-electron chi connectivity index (χ2n) is 12.0. The minimum absolute atomic E-state index is 0.00407. The van der Waals surface area contributed by atoms with E-state index in [1.54, 1.807) is 0 Å². The fraction of sp³-hybridized carbons (Fsp3) is 0.586. The van der Waals surface area contributed by atoms with Crippen molar-refractivity contribution in [1.82, 2.24) is 30.2 Å². The van der Waals surface area contributed by atoms with E-state index in [4.69, 9.17) is 4.74 Å². The number of halogens is 5. The van der Waals surface area contributed by atoms with Gasteiger partial charge in [-0.3, -0.25) is 14.9 Å². The van der Waals surface area contributed by atoms with Gasteiger partial charge in [-0.05, 0) is 44.4 Å². The highest BCUT2D eigenvalue weighted by Crippen LogP contribution is 2.46. The van der Waals surface area contributed by atoms with Crippen molar-refractivity contribution >= 4 is 16.7 Å². The molecule has 1 N–H and O–H groups in total. The minimum Gasteiger partial charge on any atom is -0.461 e. The molecule has 3 aromatic rings. The number of anilines is 1. The zero-order valence-electron chi connectivity index (χ0n) is 23.2. The summed E-state index contributed by atoms with van der Waals surface area (Å²) in [6, 6.07) is 1.28. The molecule has 3 aromatic heterocycles. The summed E-state index contributed by atoms with van der Waals surface area (Å²) < 4.78 is 79.6. The molecule has 1 aliphatic carbocycles. The number of alkyl halides is 5. The molecule has 3 atom stereocenters. The van der Waals surface area contributed by atoms with E-state index in [2.05, 4.69) is 30.2 Å². The molecular weight excluding hydrogens is 557 g/mol. The highest BCUT2D eigenvalue weighted by atomic mass is 19.3. The molecule has 0 saturated carbocycles. The van der Waals surface area contributed by atoms with E-state index in [-0.39, 0.29) is 53.1 Å². The first-order chi connectivity index (χ1) is 20.1. The van der Waals surface area contributed by atoms with Gasteiger partial charge in [-0.2, -0.15) is 9.97 Å². The van der Waals surface area contributed by atoms with Crippen LogP contribution in [-0.4, -0.2) is 81.9 Å². The van der Waals surface area contributed by atoms with Gasteiger partial charge in [0.15, 0.2) is 0 Å². The van der Waals surface area contributed by atoms with Crippen LogP contribution in [0.4, 0.5) is 27.8 Å². The van der Waals surface area contributed by atoms with Crippen LogP contribution in [0.2, 0.25) is 0 Å². The first-order valence-electron chi connectivity index (χ1n) is 14.5. The molecule has 0 spiro atoms. The second-order valence-corrected chi connectivity index (χ2v) is 12.0. The van der Waals surface area contributed by atoms with Crippen molar-refractivity contribution in [2.75, 3.05) is 44.2 Å². The third-order valence-corrected chi connectivity index (χ3v) is 9.22. The summed E-state index contributed by atoms with van der Waals surface area (Å²) in [6.45, 7) is 5.11. The van der Waals surface area contributed by atoms with E-state index in [1.165, 1.54) is 18.5 Å². The standard InChI is InChI=1S/C29H32F5N7O/c1-16-13-40(10-8-35-16)26-19-12-37-24(23-18-3-6-29(33,34)20(18)4-7-36-23)21(25(31)32)22(19)38-27(39-26)42-15-28-5-2-9-41(28)14-17(30)11-28/h4,7,12,16-17,25,35H,2-3,5-6,8-11,13-15H2,1H3/t16-,17+,28-/m0/s1. The molecule has 3 saturated heterocycles. The molecule has 42 heavy (non-hydrogen) atoms. The van der Waals surface area contributed by atoms with Gasteiger partial charge < -0.3 is 15.0 Å². The Kier molecular flexibility index (Phi) is 6.72. The van der Waals surface area contributed by atoms with Crippen molar-refractivity contribution in [3.63, 3.8) is 0 Å². The Balaban J connectivity index is 1.37. The SMILES string of the molecule is C[C@H]1CN(c2nc(OC[C@@]34CCCN3C[C@H](F)C4)nc3c(C(F)F)c(-c4nccc5c4CCC5(F)F)ncc23)CCN1. The van der Waals surface area contributed by atoms with Crippen LogP contribution in [0, 0.1) is 0 Å². The highest BCUT2D eigenvalue weighted by Gasteiger charge is 2.49. The first kappa shape index (κ1) is 27.6. The smallest absolute Gasteiger partial charge is 0.319 e. The number of aromatic nitrogens is 4. The van der Waals surface area contributed by atoms with Gasteiger partial charge in [0.05, 0.1) is 33.4 Å².